The highest BCUT2D eigenvalue weighted by Gasteiger charge is 2.37. The monoisotopic (exact) mass is 467 g/mol. The van der Waals surface area contributed by atoms with Gasteiger partial charge in [0.25, 0.3) is 0 Å². The van der Waals surface area contributed by atoms with Gasteiger partial charge in [0.15, 0.2) is 0 Å². The van der Waals surface area contributed by atoms with Crippen molar-refractivity contribution in [2.24, 2.45) is 5.73 Å². The first kappa shape index (κ1) is 22.3. The Morgan fingerprint density at radius 3 is 2.68 bits per heavy atom. The van der Waals surface area contributed by atoms with Gasteiger partial charge in [0, 0.05) is 22.6 Å². The van der Waals surface area contributed by atoms with Crippen LogP contribution >= 0.6 is 52.1 Å². The van der Waals surface area contributed by atoms with Gasteiger partial charge >= 0.3 is 0 Å². The van der Waals surface area contributed by atoms with Gasteiger partial charge in [0.05, 0.1) is 13.2 Å². The summed E-state index contributed by atoms with van der Waals surface area (Å²) in [6, 6.07) is 7.54. The molecule has 1 fully saturated rings. The van der Waals surface area contributed by atoms with Crippen molar-refractivity contribution < 1.29 is 9.53 Å². The maximum Gasteiger partial charge on any atom is 0.247 e. The summed E-state index contributed by atoms with van der Waals surface area (Å²) in [5.41, 5.74) is 6.10. The maximum atomic E-state index is 12.9. The largest absolute Gasteiger partial charge is 0.367 e. The molecule has 1 aromatic carbocycles. The molecular weight excluding hydrogens is 449 g/mol. The van der Waals surface area contributed by atoms with E-state index in [4.69, 9.17) is 10.5 Å². The molecule has 0 aliphatic carbocycles. The number of carbonyl (C=O) groups is 1. The Morgan fingerprint density at radius 1 is 1.40 bits per heavy atom. The molecule has 0 spiro atoms. The molecule has 5 nitrogen and oxygen atoms in total. The normalized spacial score (nSPS) is 19.3. The minimum absolute atomic E-state index is 0. The molecule has 1 aromatic heterocycles. The lowest BCUT2D eigenvalue weighted by Crippen LogP contribution is -2.54. The number of morpholine rings is 1. The lowest BCUT2D eigenvalue weighted by atomic mass is 9.91. The number of hydrogen-bond acceptors (Lipinski definition) is 5. The van der Waals surface area contributed by atoms with Crippen molar-refractivity contribution in [1.29, 1.82) is 0 Å². The summed E-state index contributed by atoms with van der Waals surface area (Å²) in [5.74, 6) is -0.0929. The number of benzene rings is 1. The van der Waals surface area contributed by atoms with Gasteiger partial charge in [-0.2, -0.15) is 0 Å². The zero-order valence-corrected chi connectivity index (χ0v) is 17.6. The highest BCUT2D eigenvalue weighted by Crippen LogP contribution is 2.28. The second-order valence-corrected chi connectivity index (χ2v) is 7.53. The van der Waals surface area contributed by atoms with E-state index in [2.05, 4.69) is 20.9 Å². The van der Waals surface area contributed by atoms with Crippen LogP contribution in [-0.4, -0.2) is 35.5 Å². The van der Waals surface area contributed by atoms with Crippen LogP contribution < -0.4 is 5.73 Å². The molecule has 3 rings (SSSR count). The van der Waals surface area contributed by atoms with E-state index < -0.39 is 5.54 Å². The number of ether oxygens (including phenoxy) is 1. The molecule has 1 saturated heterocycles. The first-order valence-corrected chi connectivity index (χ1v) is 9.01. The van der Waals surface area contributed by atoms with Gasteiger partial charge in [-0.05, 0) is 24.6 Å². The van der Waals surface area contributed by atoms with Crippen LogP contribution in [-0.2, 0) is 15.1 Å². The molecule has 1 aliphatic heterocycles. The van der Waals surface area contributed by atoms with Crippen LogP contribution in [0.3, 0.4) is 0 Å². The fourth-order valence-electron chi connectivity index (χ4n) is 2.62. The predicted octanol–water partition coefficient (Wildman–Crippen LogP) is 3.52. The van der Waals surface area contributed by atoms with Gasteiger partial charge in [-0.3, -0.25) is 4.79 Å². The standard InChI is InChI=1S/C16H18BrN3O2S.2ClH/c1-16(18,11-2-4-12(17)5-3-11)15(21)20-7-8-22-13(10-20)14-19-6-9-23-14;;/h2-6,9,13H,7-8,10,18H2,1H3;2*1H. The summed E-state index contributed by atoms with van der Waals surface area (Å²) in [6.07, 6.45) is 1.58. The molecular formula is C16H20BrCl2N3O2S. The Balaban J connectivity index is 0.00000156. The van der Waals surface area contributed by atoms with Crippen molar-refractivity contribution in [2.45, 2.75) is 18.6 Å². The summed E-state index contributed by atoms with van der Waals surface area (Å²) in [7, 11) is 0. The molecule has 1 aliphatic rings. The molecule has 0 saturated carbocycles. The molecule has 0 bridgehead atoms. The smallest absolute Gasteiger partial charge is 0.247 e. The Hall–Kier alpha value is -0.700. The predicted molar refractivity (Wildman–Crippen MR) is 108 cm³/mol. The summed E-state index contributed by atoms with van der Waals surface area (Å²) >= 11 is 4.94. The summed E-state index contributed by atoms with van der Waals surface area (Å²) in [5, 5.41) is 2.80. The number of rotatable bonds is 3. The number of nitrogens with zero attached hydrogens (tertiary/aromatic N) is 2. The molecule has 9 heteroatoms. The van der Waals surface area contributed by atoms with Crippen LogP contribution in [0.1, 0.15) is 23.6 Å². The number of nitrogens with two attached hydrogens (primary N) is 1. The Morgan fingerprint density at radius 2 is 2.08 bits per heavy atom. The number of aromatic nitrogens is 1. The fourth-order valence-corrected chi connectivity index (χ4v) is 3.57. The summed E-state index contributed by atoms with van der Waals surface area (Å²) in [6.45, 7) is 3.28. The Bertz CT molecular complexity index is 683. The number of halogens is 3. The van der Waals surface area contributed by atoms with Crippen LogP contribution in [0.2, 0.25) is 0 Å². The van der Waals surface area contributed by atoms with Crippen LogP contribution in [0.4, 0.5) is 0 Å². The lowest BCUT2D eigenvalue weighted by Gasteiger charge is -2.37. The third kappa shape index (κ3) is 4.93. The highest BCUT2D eigenvalue weighted by atomic mass is 79.9. The van der Waals surface area contributed by atoms with E-state index in [0.717, 1.165) is 15.0 Å². The van der Waals surface area contributed by atoms with Crippen LogP contribution in [0.25, 0.3) is 0 Å². The van der Waals surface area contributed by atoms with Crippen LogP contribution in [0.15, 0.2) is 40.3 Å². The number of amides is 1. The fraction of sp³-hybridized carbons (Fsp3) is 0.375. The summed E-state index contributed by atoms with van der Waals surface area (Å²) in [4.78, 5) is 19.0. The van der Waals surface area contributed by atoms with Crippen LogP contribution in [0, 0.1) is 0 Å². The second kappa shape index (κ2) is 9.30. The van der Waals surface area contributed by atoms with Crippen molar-refractivity contribution in [3.8, 4) is 0 Å². The molecule has 2 N–H and O–H groups in total. The van der Waals surface area contributed by atoms with Gasteiger partial charge in [-0.25, -0.2) is 4.98 Å². The van der Waals surface area contributed by atoms with E-state index >= 15 is 0 Å². The average Bonchev–Trinajstić information content (AvgIpc) is 3.09. The zero-order chi connectivity index (χ0) is 16.4. The molecule has 2 heterocycles. The lowest BCUT2D eigenvalue weighted by molar-refractivity contribution is -0.144. The molecule has 138 valence electrons. The Kier molecular flexibility index (Phi) is 8.31. The van der Waals surface area contributed by atoms with E-state index in [9.17, 15) is 4.79 Å². The average molecular weight is 469 g/mol. The van der Waals surface area contributed by atoms with Gasteiger partial charge in [0.2, 0.25) is 5.91 Å². The van der Waals surface area contributed by atoms with Gasteiger partial charge < -0.3 is 15.4 Å². The minimum Gasteiger partial charge on any atom is -0.367 e. The SMILES string of the molecule is CC(N)(C(=O)N1CCOC(c2nccs2)C1)c1ccc(Br)cc1.Cl.Cl. The number of hydrogen-bond donors (Lipinski definition) is 1. The molecule has 2 aromatic rings. The van der Waals surface area contributed by atoms with E-state index in [0.29, 0.717) is 19.7 Å². The van der Waals surface area contributed by atoms with E-state index in [1.165, 1.54) is 11.3 Å². The molecule has 2 atom stereocenters. The molecule has 0 radical (unpaired) electrons. The summed E-state index contributed by atoms with van der Waals surface area (Å²) < 4.78 is 6.70. The topological polar surface area (TPSA) is 68.5 Å². The molecule has 2 unspecified atom stereocenters. The van der Waals surface area contributed by atoms with Gasteiger partial charge in [0.1, 0.15) is 16.7 Å². The van der Waals surface area contributed by atoms with Gasteiger partial charge in [-0.1, -0.05) is 28.1 Å². The maximum absolute atomic E-state index is 12.9. The Labute approximate surface area is 171 Å². The van der Waals surface area contributed by atoms with Gasteiger partial charge in [-0.15, -0.1) is 36.2 Å². The van der Waals surface area contributed by atoms with Crippen molar-refractivity contribution in [2.75, 3.05) is 19.7 Å². The van der Waals surface area contributed by atoms with Crippen molar-refractivity contribution >= 4 is 58.0 Å². The zero-order valence-electron chi connectivity index (χ0n) is 13.6. The highest BCUT2D eigenvalue weighted by molar-refractivity contribution is 9.10. The number of carbonyl (C=O) groups excluding carboxylic acids is 1. The second-order valence-electron chi connectivity index (χ2n) is 5.69. The molecule has 25 heavy (non-hydrogen) atoms. The van der Waals surface area contributed by atoms with E-state index in [1.54, 1.807) is 18.0 Å². The third-order valence-electron chi connectivity index (χ3n) is 3.97. The number of thiazole rings is 1. The first-order chi connectivity index (χ1) is 11.0. The van der Waals surface area contributed by atoms with Crippen molar-refractivity contribution in [1.82, 2.24) is 9.88 Å². The third-order valence-corrected chi connectivity index (χ3v) is 5.36. The minimum atomic E-state index is -1.06. The first-order valence-electron chi connectivity index (χ1n) is 7.34. The molecule has 1 amide bonds. The quantitative estimate of drug-likeness (QED) is 0.748. The van der Waals surface area contributed by atoms with Crippen molar-refractivity contribution in [3.05, 3.63) is 50.9 Å². The van der Waals surface area contributed by atoms with Crippen molar-refractivity contribution in [3.63, 3.8) is 0 Å². The van der Waals surface area contributed by atoms with Crippen LogP contribution in [0.5, 0.6) is 0 Å². The van der Waals surface area contributed by atoms with E-state index in [1.807, 2.05) is 29.6 Å². The van der Waals surface area contributed by atoms with E-state index in [-0.39, 0.29) is 36.8 Å².